The van der Waals surface area contributed by atoms with Crippen LogP contribution >= 0.6 is 0 Å². The summed E-state index contributed by atoms with van der Waals surface area (Å²) in [6, 6.07) is 22.8. The minimum absolute atomic E-state index is 0. The molecule has 1 aromatic heterocycles. The van der Waals surface area contributed by atoms with E-state index in [-0.39, 0.29) is 18.3 Å². The number of nitrogens with one attached hydrogen (secondary N) is 1. The fraction of sp³-hybridized carbons (Fsp3) is 0.154. The van der Waals surface area contributed by atoms with Crippen molar-refractivity contribution in [2.75, 3.05) is 11.1 Å². The van der Waals surface area contributed by atoms with Crippen LogP contribution in [0.25, 0.3) is 10.9 Å². The summed E-state index contributed by atoms with van der Waals surface area (Å²) in [4.78, 5) is 17.5. The molecule has 1 heterocycles. The molecule has 0 atom stereocenters. The minimum atomic E-state index is -0.196. The summed E-state index contributed by atoms with van der Waals surface area (Å²) >= 11 is 0. The summed E-state index contributed by atoms with van der Waals surface area (Å²) < 4.78 is 5.91. The predicted octanol–water partition coefficient (Wildman–Crippen LogP) is 2.52. The molecule has 1 amide bonds. The molecule has 0 spiro atoms. The highest BCUT2D eigenvalue weighted by atomic mass is 35.5. The third kappa shape index (κ3) is 5.18. The molecule has 0 unspecified atom stereocenters. The van der Waals surface area contributed by atoms with Gasteiger partial charge in [-0.05, 0) is 61.4 Å². The van der Waals surface area contributed by atoms with Gasteiger partial charge in [-0.25, -0.2) is 0 Å². The summed E-state index contributed by atoms with van der Waals surface area (Å²) in [7, 11) is 0. The monoisotopic (exact) mass is 446 g/mol. The molecule has 0 aliphatic carbocycles. The molecule has 0 bridgehead atoms. The molecule has 0 saturated heterocycles. The van der Waals surface area contributed by atoms with Gasteiger partial charge >= 0.3 is 0 Å². The van der Waals surface area contributed by atoms with E-state index in [0.29, 0.717) is 23.5 Å². The van der Waals surface area contributed by atoms with Crippen molar-refractivity contribution >= 4 is 28.2 Å². The molecule has 6 heteroatoms. The first-order valence-electron chi connectivity index (χ1n) is 10.3. The number of hydrogen-bond donors (Lipinski definition) is 2. The van der Waals surface area contributed by atoms with Crippen LogP contribution < -0.4 is 28.2 Å². The molecule has 4 aromatic rings. The van der Waals surface area contributed by atoms with Crippen molar-refractivity contribution in [2.24, 2.45) is 0 Å². The average Bonchev–Trinajstić information content (AvgIpc) is 2.78. The molecule has 0 fully saturated rings. The number of carbonyl (C=O) groups excluding carboxylic acids is 1. The third-order valence-corrected chi connectivity index (χ3v) is 5.21. The van der Waals surface area contributed by atoms with Gasteiger partial charge in [0, 0.05) is 33.6 Å². The Balaban J connectivity index is 0.00000289. The van der Waals surface area contributed by atoms with Crippen LogP contribution in [0.4, 0.5) is 11.4 Å². The van der Waals surface area contributed by atoms with Crippen LogP contribution in [0.3, 0.4) is 0 Å². The largest absolute Gasteiger partial charge is 1.00 e. The van der Waals surface area contributed by atoms with E-state index in [0.717, 1.165) is 34.3 Å². The van der Waals surface area contributed by atoms with E-state index in [1.807, 2.05) is 61.5 Å². The topological polar surface area (TPSA) is 77.2 Å². The summed E-state index contributed by atoms with van der Waals surface area (Å²) in [6.45, 7) is 4.33. The number of carbonyl (C=O) groups is 1. The maximum atomic E-state index is 13.0. The maximum Gasteiger partial charge on any atom is 0.256 e. The molecule has 164 valence electrons. The van der Waals surface area contributed by atoms with Gasteiger partial charge in [0.15, 0.2) is 0 Å². The number of anilines is 2. The van der Waals surface area contributed by atoms with Gasteiger partial charge in [-0.2, -0.15) is 0 Å². The number of pyridine rings is 1. The average molecular weight is 447 g/mol. The number of hydrogen-bond acceptors (Lipinski definition) is 4. The number of ether oxygens (including phenoxy) is 1. The molecule has 0 aliphatic heterocycles. The molecule has 0 aliphatic rings. The zero-order chi connectivity index (χ0) is 21.8. The molecular weight excluding hydrogens is 422 g/mol. The number of rotatable bonds is 6. The lowest BCUT2D eigenvalue weighted by Gasteiger charge is -2.12. The van der Waals surface area contributed by atoms with Crippen molar-refractivity contribution in [3.8, 4) is 5.75 Å². The van der Waals surface area contributed by atoms with Crippen LogP contribution in [0.5, 0.6) is 5.75 Å². The van der Waals surface area contributed by atoms with Gasteiger partial charge in [-0.3, -0.25) is 9.78 Å². The zero-order valence-electron chi connectivity index (χ0n) is 18.1. The Morgan fingerprint density at radius 3 is 2.53 bits per heavy atom. The lowest BCUT2D eigenvalue weighted by molar-refractivity contribution is -0.0000143. The Bertz CT molecular complexity index is 1240. The number of nitrogen functional groups attached to an aromatic ring is 1. The van der Waals surface area contributed by atoms with Gasteiger partial charge in [0.1, 0.15) is 12.4 Å². The van der Waals surface area contributed by atoms with Crippen LogP contribution in [-0.4, -0.2) is 10.9 Å². The normalized spacial score (nSPS) is 10.4. The van der Waals surface area contributed by atoms with Crippen molar-refractivity contribution in [3.05, 3.63) is 95.2 Å². The number of nitrogens with zero attached hydrogens (tertiary/aromatic N) is 1. The van der Waals surface area contributed by atoms with Crippen LogP contribution in [-0.2, 0) is 13.0 Å². The van der Waals surface area contributed by atoms with Crippen molar-refractivity contribution in [2.45, 2.75) is 26.9 Å². The van der Waals surface area contributed by atoms with E-state index in [1.54, 1.807) is 6.07 Å². The van der Waals surface area contributed by atoms with Crippen LogP contribution in [0, 0.1) is 6.92 Å². The molecule has 4 rings (SSSR count). The van der Waals surface area contributed by atoms with Gasteiger partial charge in [0.25, 0.3) is 5.91 Å². The fourth-order valence-electron chi connectivity index (χ4n) is 3.52. The predicted molar refractivity (Wildman–Crippen MR) is 125 cm³/mol. The summed E-state index contributed by atoms with van der Waals surface area (Å²) in [5.41, 5.74) is 11.8. The standard InChI is InChI=1S/C26H25N3O2.ClH/c1-3-18-8-11-21(12-9-18)31-16-19-6-4-5-7-22(19)26(30)29-20-10-13-25-23(15-20)24(27)14-17(2)28-25;/h4-15H,3,16H2,1-2H3,(H2,27,28)(H,29,30);1H/p-1. The lowest BCUT2D eigenvalue weighted by Crippen LogP contribution is -3.00. The van der Waals surface area contributed by atoms with Crippen molar-refractivity contribution in [1.82, 2.24) is 4.98 Å². The van der Waals surface area contributed by atoms with Crippen LogP contribution in [0.15, 0.2) is 72.8 Å². The van der Waals surface area contributed by atoms with Gasteiger partial charge in [0.2, 0.25) is 0 Å². The van der Waals surface area contributed by atoms with E-state index >= 15 is 0 Å². The Morgan fingerprint density at radius 2 is 1.78 bits per heavy atom. The smallest absolute Gasteiger partial charge is 0.256 e. The highest BCUT2D eigenvalue weighted by molar-refractivity contribution is 6.06. The molecular formula is C26H25ClN3O2-. The second-order valence-corrected chi connectivity index (χ2v) is 7.48. The van der Waals surface area contributed by atoms with Gasteiger partial charge in [-0.1, -0.05) is 37.3 Å². The number of fused-ring (bicyclic) bond motifs is 1. The number of aryl methyl sites for hydroxylation is 2. The van der Waals surface area contributed by atoms with Crippen molar-refractivity contribution in [3.63, 3.8) is 0 Å². The Kier molecular flexibility index (Phi) is 7.33. The molecule has 0 saturated carbocycles. The van der Waals surface area contributed by atoms with E-state index in [1.165, 1.54) is 5.56 Å². The second kappa shape index (κ2) is 10.2. The highest BCUT2D eigenvalue weighted by Crippen LogP contribution is 2.25. The summed E-state index contributed by atoms with van der Waals surface area (Å²) in [5, 5.41) is 3.78. The number of nitrogens with two attached hydrogens (primary N) is 1. The molecule has 3 aromatic carbocycles. The molecule has 5 nitrogen and oxygen atoms in total. The number of aromatic nitrogens is 1. The molecule has 32 heavy (non-hydrogen) atoms. The van der Waals surface area contributed by atoms with Gasteiger partial charge in [-0.15, -0.1) is 0 Å². The van der Waals surface area contributed by atoms with Crippen LogP contribution in [0.2, 0.25) is 0 Å². The SMILES string of the molecule is CCc1ccc(OCc2ccccc2C(=O)Nc2ccc3nc(C)cc(N)c3c2)cc1.[Cl-]. The fourth-order valence-corrected chi connectivity index (χ4v) is 3.52. The first-order chi connectivity index (χ1) is 15.0. The number of halogens is 1. The molecule has 3 N–H and O–H groups in total. The number of benzene rings is 3. The van der Waals surface area contributed by atoms with E-state index < -0.39 is 0 Å². The quantitative estimate of drug-likeness (QED) is 0.477. The van der Waals surface area contributed by atoms with Crippen molar-refractivity contribution in [1.29, 1.82) is 0 Å². The minimum Gasteiger partial charge on any atom is -1.00 e. The maximum absolute atomic E-state index is 13.0. The first kappa shape index (κ1) is 23.1. The Hall–Kier alpha value is -3.57. The Morgan fingerprint density at radius 1 is 1.03 bits per heavy atom. The number of amides is 1. The van der Waals surface area contributed by atoms with Gasteiger partial charge < -0.3 is 28.2 Å². The Labute approximate surface area is 194 Å². The third-order valence-electron chi connectivity index (χ3n) is 5.21. The summed E-state index contributed by atoms with van der Waals surface area (Å²) in [5.74, 6) is 0.582. The van der Waals surface area contributed by atoms with Gasteiger partial charge in [0.05, 0.1) is 5.52 Å². The highest BCUT2D eigenvalue weighted by Gasteiger charge is 2.13. The van der Waals surface area contributed by atoms with E-state index in [9.17, 15) is 4.79 Å². The second-order valence-electron chi connectivity index (χ2n) is 7.48. The molecule has 0 radical (unpaired) electrons. The van der Waals surface area contributed by atoms with Crippen LogP contribution in [0.1, 0.15) is 34.1 Å². The summed E-state index contributed by atoms with van der Waals surface area (Å²) in [6.07, 6.45) is 0.985. The lowest BCUT2D eigenvalue weighted by atomic mass is 10.1. The van der Waals surface area contributed by atoms with E-state index in [4.69, 9.17) is 10.5 Å². The van der Waals surface area contributed by atoms with Crippen molar-refractivity contribution < 1.29 is 21.9 Å². The van der Waals surface area contributed by atoms with E-state index in [2.05, 4.69) is 29.4 Å². The zero-order valence-corrected chi connectivity index (χ0v) is 18.8. The first-order valence-corrected chi connectivity index (χ1v) is 10.3.